The summed E-state index contributed by atoms with van der Waals surface area (Å²) in [5.41, 5.74) is 1.11. The molecule has 1 aliphatic heterocycles. The van der Waals surface area contributed by atoms with Crippen molar-refractivity contribution in [2.75, 3.05) is 37.0 Å². The minimum Gasteiger partial charge on any atom is -0.383 e. The molecule has 1 aromatic heterocycles. The van der Waals surface area contributed by atoms with Gasteiger partial charge in [0.2, 0.25) is 0 Å². The second-order valence-electron chi connectivity index (χ2n) is 4.57. The standard InChI is InChI=1S/C13H21N3O/c1-11(10-17-2)15-12-6-5-7-14-13(12)16-8-3-4-9-16/h5-7,11,15H,3-4,8-10H2,1-2H3. The van der Waals surface area contributed by atoms with Crippen molar-refractivity contribution in [3.05, 3.63) is 18.3 Å². The highest BCUT2D eigenvalue weighted by Crippen LogP contribution is 2.26. The van der Waals surface area contributed by atoms with Crippen LogP contribution >= 0.6 is 0 Å². The molecule has 0 aliphatic carbocycles. The number of rotatable bonds is 5. The van der Waals surface area contributed by atoms with Crippen LogP contribution in [0.3, 0.4) is 0 Å². The number of hydrogen-bond donors (Lipinski definition) is 1. The number of aromatic nitrogens is 1. The Bertz CT molecular complexity index is 350. The largest absolute Gasteiger partial charge is 0.383 e. The van der Waals surface area contributed by atoms with Crippen LogP contribution in [0.25, 0.3) is 0 Å². The summed E-state index contributed by atoms with van der Waals surface area (Å²) >= 11 is 0. The minimum atomic E-state index is 0.297. The fourth-order valence-electron chi connectivity index (χ4n) is 2.25. The second kappa shape index (κ2) is 5.87. The Morgan fingerprint density at radius 2 is 2.24 bits per heavy atom. The molecule has 0 aromatic carbocycles. The Labute approximate surface area is 103 Å². The summed E-state index contributed by atoms with van der Waals surface area (Å²) in [4.78, 5) is 6.85. The predicted octanol–water partition coefficient (Wildman–Crippen LogP) is 2.13. The van der Waals surface area contributed by atoms with Gasteiger partial charge in [0.15, 0.2) is 5.82 Å². The molecule has 17 heavy (non-hydrogen) atoms. The topological polar surface area (TPSA) is 37.4 Å². The summed E-state index contributed by atoms with van der Waals surface area (Å²) in [5.74, 6) is 1.08. The molecule has 0 amide bonds. The molecule has 0 bridgehead atoms. The van der Waals surface area contributed by atoms with Gasteiger partial charge in [0.1, 0.15) is 0 Å². The van der Waals surface area contributed by atoms with Gasteiger partial charge < -0.3 is 15.0 Å². The van der Waals surface area contributed by atoms with Crippen LogP contribution in [0, 0.1) is 0 Å². The van der Waals surface area contributed by atoms with Crippen molar-refractivity contribution in [2.45, 2.75) is 25.8 Å². The zero-order valence-corrected chi connectivity index (χ0v) is 10.6. The highest BCUT2D eigenvalue weighted by atomic mass is 16.5. The number of hydrogen-bond acceptors (Lipinski definition) is 4. The van der Waals surface area contributed by atoms with Crippen LogP contribution in [0.15, 0.2) is 18.3 Å². The lowest BCUT2D eigenvalue weighted by Gasteiger charge is -2.22. The van der Waals surface area contributed by atoms with Gasteiger partial charge in [-0.1, -0.05) is 0 Å². The molecule has 0 saturated carbocycles. The van der Waals surface area contributed by atoms with Gasteiger partial charge in [-0.15, -0.1) is 0 Å². The Hall–Kier alpha value is -1.29. The summed E-state index contributed by atoms with van der Waals surface area (Å²) in [6.07, 6.45) is 4.40. The molecule has 2 heterocycles. The number of nitrogens with zero attached hydrogens (tertiary/aromatic N) is 2. The molecule has 0 radical (unpaired) electrons. The van der Waals surface area contributed by atoms with Gasteiger partial charge in [0.25, 0.3) is 0 Å². The lowest BCUT2D eigenvalue weighted by molar-refractivity contribution is 0.190. The first-order valence-corrected chi connectivity index (χ1v) is 6.26. The van der Waals surface area contributed by atoms with Crippen molar-refractivity contribution in [3.8, 4) is 0 Å². The van der Waals surface area contributed by atoms with Gasteiger partial charge in [-0.05, 0) is 31.9 Å². The van der Waals surface area contributed by atoms with Crippen LogP contribution < -0.4 is 10.2 Å². The molecule has 1 saturated heterocycles. The van der Waals surface area contributed by atoms with Crippen molar-refractivity contribution in [2.24, 2.45) is 0 Å². The second-order valence-corrected chi connectivity index (χ2v) is 4.57. The Balaban J connectivity index is 2.09. The SMILES string of the molecule is COCC(C)Nc1cccnc1N1CCCC1. The van der Waals surface area contributed by atoms with E-state index in [9.17, 15) is 0 Å². The molecule has 1 aliphatic rings. The van der Waals surface area contributed by atoms with Gasteiger partial charge in [0, 0.05) is 32.4 Å². The fraction of sp³-hybridized carbons (Fsp3) is 0.615. The molecule has 1 atom stereocenters. The van der Waals surface area contributed by atoms with E-state index in [1.54, 1.807) is 7.11 Å². The van der Waals surface area contributed by atoms with Crippen LogP contribution in [0.5, 0.6) is 0 Å². The van der Waals surface area contributed by atoms with E-state index in [1.807, 2.05) is 12.3 Å². The van der Waals surface area contributed by atoms with Gasteiger partial charge >= 0.3 is 0 Å². The lowest BCUT2D eigenvalue weighted by atomic mass is 10.3. The fourth-order valence-corrected chi connectivity index (χ4v) is 2.25. The quantitative estimate of drug-likeness (QED) is 0.848. The average Bonchev–Trinajstić information content (AvgIpc) is 2.83. The number of anilines is 2. The van der Waals surface area contributed by atoms with E-state index in [-0.39, 0.29) is 0 Å². The smallest absolute Gasteiger partial charge is 0.151 e. The molecule has 94 valence electrons. The maximum absolute atomic E-state index is 5.14. The van der Waals surface area contributed by atoms with Crippen LogP contribution in [0.4, 0.5) is 11.5 Å². The molecular formula is C13H21N3O. The zero-order valence-electron chi connectivity index (χ0n) is 10.6. The van der Waals surface area contributed by atoms with Gasteiger partial charge in [-0.2, -0.15) is 0 Å². The van der Waals surface area contributed by atoms with E-state index in [1.165, 1.54) is 12.8 Å². The maximum Gasteiger partial charge on any atom is 0.151 e. The van der Waals surface area contributed by atoms with E-state index >= 15 is 0 Å². The monoisotopic (exact) mass is 235 g/mol. The summed E-state index contributed by atoms with van der Waals surface area (Å²) in [7, 11) is 1.73. The lowest BCUT2D eigenvalue weighted by Crippen LogP contribution is -2.25. The summed E-state index contributed by atoms with van der Waals surface area (Å²) in [6, 6.07) is 4.36. The maximum atomic E-state index is 5.14. The van der Waals surface area contributed by atoms with Gasteiger partial charge in [-0.25, -0.2) is 4.98 Å². The molecule has 1 N–H and O–H groups in total. The highest BCUT2D eigenvalue weighted by Gasteiger charge is 2.17. The first kappa shape index (κ1) is 12.2. The third kappa shape index (κ3) is 3.09. The van der Waals surface area contributed by atoms with Crippen LogP contribution in [0.2, 0.25) is 0 Å². The van der Waals surface area contributed by atoms with Gasteiger partial charge in [-0.3, -0.25) is 0 Å². The molecule has 1 aromatic rings. The highest BCUT2D eigenvalue weighted by molar-refractivity contribution is 5.66. The summed E-state index contributed by atoms with van der Waals surface area (Å²) in [6.45, 7) is 5.05. The van der Waals surface area contributed by atoms with Crippen molar-refractivity contribution >= 4 is 11.5 Å². The minimum absolute atomic E-state index is 0.297. The van der Waals surface area contributed by atoms with E-state index in [0.29, 0.717) is 12.6 Å². The van der Waals surface area contributed by atoms with E-state index < -0.39 is 0 Å². The third-order valence-corrected chi connectivity index (χ3v) is 3.01. The Kier molecular flexibility index (Phi) is 4.20. The first-order chi connectivity index (χ1) is 8.31. The van der Waals surface area contributed by atoms with Crippen molar-refractivity contribution in [1.29, 1.82) is 0 Å². The Morgan fingerprint density at radius 1 is 1.47 bits per heavy atom. The number of methoxy groups -OCH3 is 1. The first-order valence-electron chi connectivity index (χ1n) is 6.26. The Morgan fingerprint density at radius 3 is 2.94 bits per heavy atom. The number of nitrogens with one attached hydrogen (secondary N) is 1. The van der Waals surface area contributed by atoms with Crippen LogP contribution in [-0.4, -0.2) is 37.8 Å². The summed E-state index contributed by atoms with van der Waals surface area (Å²) < 4.78 is 5.14. The van der Waals surface area contributed by atoms with Crippen LogP contribution in [0.1, 0.15) is 19.8 Å². The molecular weight excluding hydrogens is 214 g/mol. The average molecular weight is 235 g/mol. The van der Waals surface area contributed by atoms with Crippen molar-refractivity contribution in [1.82, 2.24) is 4.98 Å². The van der Waals surface area contributed by atoms with Crippen molar-refractivity contribution in [3.63, 3.8) is 0 Å². The molecule has 4 heteroatoms. The van der Waals surface area contributed by atoms with Crippen molar-refractivity contribution < 1.29 is 4.74 Å². The zero-order chi connectivity index (χ0) is 12.1. The third-order valence-electron chi connectivity index (χ3n) is 3.01. The van der Waals surface area contributed by atoms with E-state index in [2.05, 4.69) is 28.2 Å². The van der Waals surface area contributed by atoms with E-state index in [0.717, 1.165) is 24.6 Å². The molecule has 4 nitrogen and oxygen atoms in total. The summed E-state index contributed by atoms with van der Waals surface area (Å²) in [5, 5.41) is 3.46. The number of ether oxygens (including phenoxy) is 1. The molecule has 1 unspecified atom stereocenters. The predicted molar refractivity (Wildman–Crippen MR) is 70.6 cm³/mol. The van der Waals surface area contributed by atoms with E-state index in [4.69, 9.17) is 4.74 Å². The van der Waals surface area contributed by atoms with Gasteiger partial charge in [0.05, 0.1) is 12.3 Å². The number of pyridine rings is 1. The van der Waals surface area contributed by atoms with Crippen LogP contribution in [-0.2, 0) is 4.74 Å². The molecule has 0 spiro atoms. The normalized spacial score (nSPS) is 17.2. The molecule has 1 fully saturated rings. The molecule has 2 rings (SSSR count).